The molecule has 3 amide bonds. The van der Waals surface area contributed by atoms with Crippen LogP contribution in [0.15, 0.2) is 18.2 Å². The number of nitrogens with one attached hydrogen (secondary N) is 2. The first-order chi connectivity index (χ1) is 12.6. The number of rotatable bonds is 1. The second-order valence-electron chi connectivity index (χ2n) is 8.00. The summed E-state index contributed by atoms with van der Waals surface area (Å²) in [5.74, 6) is -1.44. The number of nitrogens with zero attached hydrogens (tertiary/aromatic N) is 1. The van der Waals surface area contributed by atoms with Gasteiger partial charge in [-0.05, 0) is 48.4 Å². The molecule has 1 saturated heterocycles. The zero-order valence-corrected chi connectivity index (χ0v) is 15.4. The highest BCUT2D eigenvalue weighted by atomic mass is 19.4. The highest BCUT2D eigenvalue weighted by Gasteiger charge is 2.51. The number of hydrogen-bond acceptors (Lipinski definition) is 2. The number of alkyl halides is 3. The van der Waals surface area contributed by atoms with Gasteiger partial charge < -0.3 is 15.5 Å². The Kier molecular flexibility index (Phi) is 5.10. The van der Waals surface area contributed by atoms with Gasteiger partial charge in [-0.1, -0.05) is 13.8 Å². The minimum Gasteiger partial charge on any atom is -0.326 e. The lowest BCUT2D eigenvalue weighted by atomic mass is 9.73. The van der Waals surface area contributed by atoms with Crippen molar-refractivity contribution in [1.82, 2.24) is 4.90 Å². The molecule has 1 aromatic carbocycles. The predicted molar refractivity (Wildman–Crippen MR) is 96.5 cm³/mol. The zero-order valence-electron chi connectivity index (χ0n) is 15.4. The predicted octanol–water partition coefficient (Wildman–Crippen LogP) is 4.40. The highest BCUT2D eigenvalue weighted by Crippen LogP contribution is 2.45. The maximum absolute atomic E-state index is 13.2. The van der Waals surface area contributed by atoms with E-state index in [2.05, 4.69) is 10.6 Å². The summed E-state index contributed by atoms with van der Waals surface area (Å²) in [7, 11) is 0. The van der Waals surface area contributed by atoms with Gasteiger partial charge in [-0.2, -0.15) is 13.2 Å². The Bertz CT molecular complexity index is 746. The van der Waals surface area contributed by atoms with E-state index in [-0.39, 0.29) is 25.4 Å². The molecule has 3 rings (SSSR count). The molecule has 0 aliphatic carbocycles. The van der Waals surface area contributed by atoms with Crippen molar-refractivity contribution in [3.8, 4) is 0 Å². The molecule has 8 heteroatoms. The number of hydrogen-bond donors (Lipinski definition) is 2. The van der Waals surface area contributed by atoms with Crippen LogP contribution in [-0.2, 0) is 11.2 Å². The van der Waals surface area contributed by atoms with Crippen LogP contribution in [0.4, 0.5) is 29.3 Å². The van der Waals surface area contributed by atoms with Crippen molar-refractivity contribution in [3.63, 3.8) is 0 Å². The van der Waals surface area contributed by atoms with Crippen LogP contribution in [0.5, 0.6) is 0 Å². The Balaban J connectivity index is 1.68. The van der Waals surface area contributed by atoms with Gasteiger partial charge in [-0.15, -0.1) is 0 Å². The van der Waals surface area contributed by atoms with Gasteiger partial charge in [0, 0.05) is 30.9 Å². The Morgan fingerprint density at radius 3 is 2.70 bits per heavy atom. The topological polar surface area (TPSA) is 61.4 Å². The Hall–Kier alpha value is -2.25. The van der Waals surface area contributed by atoms with E-state index in [4.69, 9.17) is 0 Å². The van der Waals surface area contributed by atoms with Gasteiger partial charge in [0.05, 0.1) is 5.92 Å². The maximum Gasteiger partial charge on any atom is 0.392 e. The van der Waals surface area contributed by atoms with Crippen LogP contribution in [0.1, 0.15) is 38.7 Å². The second kappa shape index (κ2) is 7.05. The van der Waals surface area contributed by atoms with E-state index in [0.717, 1.165) is 24.1 Å². The SMILES string of the molecule is CC1(C)CN(C(=O)Nc2ccc3c(c2)CCCC(=O)N3)CCC1C(F)(F)F. The second-order valence-corrected chi connectivity index (χ2v) is 8.00. The number of piperidine rings is 1. The quantitative estimate of drug-likeness (QED) is 0.755. The molecule has 5 nitrogen and oxygen atoms in total. The van der Waals surface area contributed by atoms with Crippen LogP contribution in [0.25, 0.3) is 0 Å². The van der Waals surface area contributed by atoms with E-state index < -0.39 is 23.5 Å². The van der Waals surface area contributed by atoms with Crippen molar-refractivity contribution in [2.24, 2.45) is 11.3 Å². The first-order valence-electron chi connectivity index (χ1n) is 9.12. The van der Waals surface area contributed by atoms with E-state index in [1.165, 1.54) is 4.90 Å². The van der Waals surface area contributed by atoms with Crippen molar-refractivity contribution in [2.75, 3.05) is 23.7 Å². The van der Waals surface area contributed by atoms with Gasteiger partial charge >= 0.3 is 12.2 Å². The van der Waals surface area contributed by atoms with Crippen LogP contribution in [0.3, 0.4) is 0 Å². The lowest BCUT2D eigenvalue weighted by Crippen LogP contribution is -2.53. The van der Waals surface area contributed by atoms with Crippen molar-refractivity contribution in [3.05, 3.63) is 23.8 Å². The van der Waals surface area contributed by atoms with Crippen LogP contribution in [-0.4, -0.2) is 36.1 Å². The number of halogens is 3. The van der Waals surface area contributed by atoms with Crippen LogP contribution in [0.2, 0.25) is 0 Å². The Morgan fingerprint density at radius 2 is 2.04 bits per heavy atom. The number of carbonyl (C=O) groups is 2. The fourth-order valence-corrected chi connectivity index (χ4v) is 3.99. The van der Waals surface area contributed by atoms with E-state index in [0.29, 0.717) is 12.1 Å². The van der Waals surface area contributed by atoms with Gasteiger partial charge in [0.25, 0.3) is 0 Å². The summed E-state index contributed by atoms with van der Waals surface area (Å²) in [6.07, 6.45) is -2.44. The molecule has 0 spiro atoms. The molecule has 2 aliphatic rings. The third kappa shape index (κ3) is 4.36. The molecule has 27 heavy (non-hydrogen) atoms. The number of fused-ring (bicyclic) bond motifs is 1. The largest absolute Gasteiger partial charge is 0.392 e. The molecular weight excluding hydrogens is 359 g/mol. The average Bonchev–Trinajstić information content (AvgIpc) is 2.72. The fourth-order valence-electron chi connectivity index (χ4n) is 3.99. The number of amides is 3. The summed E-state index contributed by atoms with van der Waals surface area (Å²) in [5, 5.41) is 5.61. The van der Waals surface area contributed by atoms with Crippen molar-refractivity contribution >= 4 is 23.3 Å². The summed E-state index contributed by atoms with van der Waals surface area (Å²) in [6, 6.07) is 4.84. The molecule has 148 valence electrons. The summed E-state index contributed by atoms with van der Waals surface area (Å²) < 4.78 is 39.6. The monoisotopic (exact) mass is 383 g/mol. The van der Waals surface area contributed by atoms with E-state index in [1.807, 2.05) is 6.07 Å². The standard InChI is InChI=1S/C19H24F3N3O2/c1-18(2)11-25(9-8-15(18)19(20,21)22)17(27)23-13-6-7-14-12(10-13)4-3-5-16(26)24-14/h6-7,10,15H,3-5,8-9,11H2,1-2H3,(H,23,27)(H,24,26). The van der Waals surface area contributed by atoms with E-state index in [9.17, 15) is 22.8 Å². The first kappa shape index (κ1) is 19.5. The molecule has 2 N–H and O–H groups in total. The minimum atomic E-state index is -4.26. The summed E-state index contributed by atoms with van der Waals surface area (Å²) in [6.45, 7) is 3.22. The van der Waals surface area contributed by atoms with Crippen molar-refractivity contribution < 1.29 is 22.8 Å². The molecule has 2 aliphatic heterocycles. The number of benzene rings is 1. The molecule has 1 unspecified atom stereocenters. The van der Waals surface area contributed by atoms with Crippen LogP contribution in [0, 0.1) is 11.3 Å². The summed E-state index contributed by atoms with van der Waals surface area (Å²) >= 11 is 0. The van der Waals surface area contributed by atoms with Gasteiger partial charge in [0.1, 0.15) is 0 Å². The number of likely N-dealkylation sites (tertiary alicyclic amines) is 1. The fraction of sp³-hybridized carbons (Fsp3) is 0.579. The van der Waals surface area contributed by atoms with Crippen LogP contribution >= 0.6 is 0 Å². The van der Waals surface area contributed by atoms with Crippen LogP contribution < -0.4 is 10.6 Å². The molecule has 0 aromatic heterocycles. The van der Waals surface area contributed by atoms with Gasteiger partial charge in [0.15, 0.2) is 0 Å². The smallest absolute Gasteiger partial charge is 0.326 e. The number of carbonyl (C=O) groups excluding carboxylic acids is 2. The number of aryl methyl sites for hydroxylation is 1. The summed E-state index contributed by atoms with van der Waals surface area (Å²) in [5.41, 5.74) is 1.22. The summed E-state index contributed by atoms with van der Waals surface area (Å²) in [4.78, 5) is 25.6. The molecule has 1 fully saturated rings. The van der Waals surface area contributed by atoms with Gasteiger partial charge in [-0.3, -0.25) is 4.79 Å². The Labute approximate surface area is 156 Å². The average molecular weight is 383 g/mol. The molecule has 1 aromatic rings. The molecule has 0 bridgehead atoms. The van der Waals surface area contributed by atoms with Crippen molar-refractivity contribution in [2.45, 2.75) is 45.7 Å². The Morgan fingerprint density at radius 1 is 1.30 bits per heavy atom. The lowest BCUT2D eigenvalue weighted by molar-refractivity contribution is -0.214. The van der Waals surface area contributed by atoms with E-state index in [1.54, 1.807) is 26.0 Å². The van der Waals surface area contributed by atoms with Gasteiger partial charge in [-0.25, -0.2) is 4.79 Å². The van der Waals surface area contributed by atoms with E-state index >= 15 is 0 Å². The zero-order chi connectivity index (χ0) is 19.8. The maximum atomic E-state index is 13.2. The number of anilines is 2. The normalized spacial score (nSPS) is 22.5. The van der Waals surface area contributed by atoms with Gasteiger partial charge in [0.2, 0.25) is 5.91 Å². The molecule has 1 atom stereocenters. The highest BCUT2D eigenvalue weighted by molar-refractivity contribution is 5.94. The molecular formula is C19H24F3N3O2. The molecule has 0 saturated carbocycles. The third-order valence-corrected chi connectivity index (χ3v) is 5.39. The minimum absolute atomic E-state index is 0.0275. The van der Waals surface area contributed by atoms with Crippen molar-refractivity contribution in [1.29, 1.82) is 0 Å². The molecule has 2 heterocycles. The third-order valence-electron chi connectivity index (χ3n) is 5.39. The number of urea groups is 1. The lowest BCUT2D eigenvalue weighted by Gasteiger charge is -2.44. The first-order valence-corrected chi connectivity index (χ1v) is 9.12. The molecule has 0 radical (unpaired) electrons.